The molecule has 2 spiro atoms. The van der Waals surface area contributed by atoms with Gasteiger partial charge in [-0.25, -0.2) is 0 Å². The number of rotatable bonds is 8. The van der Waals surface area contributed by atoms with E-state index >= 15 is 0 Å². The van der Waals surface area contributed by atoms with Gasteiger partial charge in [0.25, 0.3) is 0 Å². The number of hydrogen-bond donors (Lipinski definition) is 2. The van der Waals surface area contributed by atoms with Gasteiger partial charge in [-0.1, -0.05) is 34.6 Å². The van der Waals surface area contributed by atoms with Crippen LogP contribution in [0.15, 0.2) is 0 Å². The van der Waals surface area contributed by atoms with Gasteiger partial charge in [0.2, 0.25) is 0 Å². The van der Waals surface area contributed by atoms with E-state index in [0.29, 0.717) is 53.2 Å². The minimum atomic E-state index is -1.01. The number of ether oxygens (including phenoxy) is 4. The minimum Gasteiger partial charge on any atom is -0.390 e. The molecular formula is C42H72N2O6. The number of fused-ring (bicyclic) bond motifs is 4. The normalized spacial score (nSPS) is 51.2. The van der Waals surface area contributed by atoms with Crippen molar-refractivity contribution in [3.63, 3.8) is 0 Å². The molecule has 3 aliphatic heterocycles. The molecule has 0 aromatic carbocycles. The Bertz CT molecular complexity index is 1280. The number of likely N-dealkylation sites (tertiary alicyclic amines) is 1. The smallest absolute Gasteiger partial charge is 0.170 e. The largest absolute Gasteiger partial charge is 0.390 e. The summed E-state index contributed by atoms with van der Waals surface area (Å²) < 4.78 is 26.5. The quantitative estimate of drug-likeness (QED) is 0.314. The second-order valence-electron chi connectivity index (χ2n) is 20.7. The zero-order chi connectivity index (χ0) is 35.8. The maximum atomic E-state index is 12.6. The van der Waals surface area contributed by atoms with Gasteiger partial charge >= 0.3 is 0 Å². The highest BCUT2D eigenvalue weighted by Crippen LogP contribution is 2.89. The molecule has 286 valence electrons. The first-order valence-corrected chi connectivity index (χ1v) is 20.9. The van der Waals surface area contributed by atoms with Gasteiger partial charge in [0.15, 0.2) is 6.29 Å². The predicted molar refractivity (Wildman–Crippen MR) is 194 cm³/mol. The second kappa shape index (κ2) is 12.1. The van der Waals surface area contributed by atoms with Gasteiger partial charge in [-0.15, -0.1) is 0 Å². The highest BCUT2D eigenvalue weighted by atomic mass is 16.7. The molecule has 14 atom stereocenters. The van der Waals surface area contributed by atoms with Crippen LogP contribution in [0.3, 0.4) is 0 Å². The first-order valence-electron chi connectivity index (χ1n) is 20.9. The van der Waals surface area contributed by atoms with E-state index in [2.05, 4.69) is 58.3 Å². The fourth-order valence-electron chi connectivity index (χ4n) is 15.1. The van der Waals surface area contributed by atoms with E-state index in [1.807, 2.05) is 20.8 Å². The maximum absolute atomic E-state index is 12.6. The molecule has 3 saturated heterocycles. The summed E-state index contributed by atoms with van der Waals surface area (Å²) in [6, 6.07) is 1.26. The Balaban J connectivity index is 0.991. The summed E-state index contributed by atoms with van der Waals surface area (Å²) in [6.07, 6.45) is 8.17. The van der Waals surface area contributed by atoms with Crippen molar-refractivity contribution < 1.29 is 29.2 Å². The summed E-state index contributed by atoms with van der Waals surface area (Å²) in [7, 11) is 0. The Morgan fingerprint density at radius 1 is 0.960 bits per heavy atom. The van der Waals surface area contributed by atoms with Gasteiger partial charge in [0.05, 0.1) is 36.6 Å². The van der Waals surface area contributed by atoms with Crippen molar-refractivity contribution in [2.45, 2.75) is 175 Å². The molecule has 5 aliphatic carbocycles. The number of aliphatic hydroxyl groups is 2. The van der Waals surface area contributed by atoms with Gasteiger partial charge in [0.1, 0.15) is 6.10 Å². The molecule has 0 amide bonds. The maximum Gasteiger partial charge on any atom is 0.170 e. The number of hydrogen-bond acceptors (Lipinski definition) is 8. The van der Waals surface area contributed by atoms with Gasteiger partial charge in [-0.2, -0.15) is 0 Å². The molecule has 50 heavy (non-hydrogen) atoms. The van der Waals surface area contributed by atoms with Crippen LogP contribution in [-0.2, 0) is 18.9 Å². The lowest BCUT2D eigenvalue weighted by Gasteiger charge is -2.64. The van der Waals surface area contributed by atoms with Crippen LogP contribution in [-0.4, -0.2) is 114 Å². The van der Waals surface area contributed by atoms with Gasteiger partial charge in [0, 0.05) is 50.3 Å². The van der Waals surface area contributed by atoms with Crippen LogP contribution in [0.4, 0.5) is 0 Å². The molecule has 3 heterocycles. The van der Waals surface area contributed by atoms with E-state index < -0.39 is 17.8 Å². The van der Waals surface area contributed by atoms with E-state index in [1.165, 1.54) is 51.6 Å². The van der Waals surface area contributed by atoms with E-state index in [-0.39, 0.29) is 40.8 Å². The van der Waals surface area contributed by atoms with Crippen LogP contribution in [0.2, 0.25) is 0 Å². The summed E-state index contributed by atoms with van der Waals surface area (Å²) in [5, 5.41) is 23.7. The second-order valence-corrected chi connectivity index (χ2v) is 20.7. The molecule has 0 aromatic heterocycles. The molecule has 8 nitrogen and oxygen atoms in total. The first kappa shape index (κ1) is 36.6. The van der Waals surface area contributed by atoms with Gasteiger partial charge in [-0.05, 0) is 131 Å². The molecule has 8 fully saturated rings. The highest BCUT2D eigenvalue weighted by Gasteiger charge is 2.84. The summed E-state index contributed by atoms with van der Waals surface area (Å²) in [5.41, 5.74) is -0.421. The SMILES string of the molecule is CCO[C@@H](C1C[C@@H](C)[C@H]2C(O1)[C@H](O)[C@@]1(C)C3CC[C@H]4C(C)(C)[C@@H](O[C@H]5CN(C6CN(C(C)C)C6)CCO5)CC[C@@]45C[C@@]35CC[C@]21C)C(C)(C)O. The molecule has 8 heteroatoms. The summed E-state index contributed by atoms with van der Waals surface area (Å²) >= 11 is 0. The lowest BCUT2D eigenvalue weighted by atomic mass is 9.41. The molecule has 8 rings (SSSR count). The lowest BCUT2D eigenvalue weighted by Crippen LogP contribution is -2.64. The van der Waals surface area contributed by atoms with Crippen LogP contribution in [0.1, 0.15) is 121 Å². The van der Waals surface area contributed by atoms with E-state index in [9.17, 15) is 10.2 Å². The van der Waals surface area contributed by atoms with Crippen LogP contribution >= 0.6 is 0 Å². The summed E-state index contributed by atoms with van der Waals surface area (Å²) in [5.74, 6) is 1.86. The van der Waals surface area contributed by atoms with E-state index in [1.54, 1.807) is 0 Å². The van der Waals surface area contributed by atoms with Crippen molar-refractivity contribution in [3.8, 4) is 0 Å². The van der Waals surface area contributed by atoms with Crippen molar-refractivity contribution in [2.75, 3.05) is 39.4 Å². The predicted octanol–water partition coefficient (Wildman–Crippen LogP) is 6.11. The number of aliphatic hydroxyl groups excluding tert-OH is 1. The zero-order valence-corrected chi connectivity index (χ0v) is 33.2. The third-order valence-corrected chi connectivity index (χ3v) is 17.7. The number of nitrogens with zero attached hydrogens (tertiary/aromatic N) is 2. The Morgan fingerprint density at radius 3 is 2.34 bits per heavy atom. The third kappa shape index (κ3) is 4.96. The summed E-state index contributed by atoms with van der Waals surface area (Å²) in [4.78, 5) is 5.19. The fourth-order valence-corrected chi connectivity index (χ4v) is 15.1. The van der Waals surface area contributed by atoms with E-state index in [0.717, 1.165) is 32.5 Å². The molecule has 8 aliphatic rings. The first-order chi connectivity index (χ1) is 23.4. The average Bonchev–Trinajstić information content (AvgIpc) is 3.64. The monoisotopic (exact) mass is 701 g/mol. The Hall–Kier alpha value is -0.320. The topological polar surface area (TPSA) is 83.9 Å². The van der Waals surface area contributed by atoms with Gasteiger partial charge in [-0.3, -0.25) is 9.80 Å². The Kier molecular flexibility index (Phi) is 8.86. The van der Waals surface area contributed by atoms with Crippen molar-refractivity contribution in [1.29, 1.82) is 0 Å². The molecular weight excluding hydrogens is 628 g/mol. The van der Waals surface area contributed by atoms with Crippen LogP contribution in [0, 0.1) is 50.7 Å². The number of morpholine rings is 1. The molecule has 0 aromatic rings. The lowest BCUT2D eigenvalue weighted by molar-refractivity contribution is -0.253. The average molecular weight is 701 g/mol. The molecule has 5 saturated carbocycles. The standard InChI is InChI=1S/C42H72N2O6/c1-11-47-36(38(7,8)46)28-20-26(4)33-34(49-28)35(45)40(10)30-13-12-29-37(5,6)31(14-15-41(29)24-42(30,41)17-16-39(33,40)9)50-32-23-43(18-19-48-32)27-21-44(22-27)25(2)3/h25-36,45-46H,11-24H2,1-10H3/t26-,28?,29+,30?,31+,32+,33+,34?,35+,36+,39-,40-,41-,42+/m1/s1. The van der Waals surface area contributed by atoms with Crippen LogP contribution in [0.5, 0.6) is 0 Å². The minimum absolute atomic E-state index is 0.0243. The van der Waals surface area contributed by atoms with E-state index in [4.69, 9.17) is 18.9 Å². The van der Waals surface area contributed by atoms with Crippen LogP contribution in [0.25, 0.3) is 0 Å². The molecule has 0 bridgehead atoms. The van der Waals surface area contributed by atoms with Gasteiger partial charge < -0.3 is 29.2 Å². The van der Waals surface area contributed by atoms with Crippen molar-refractivity contribution in [3.05, 3.63) is 0 Å². The third-order valence-electron chi connectivity index (χ3n) is 17.7. The van der Waals surface area contributed by atoms with Crippen molar-refractivity contribution in [1.82, 2.24) is 9.80 Å². The highest BCUT2D eigenvalue weighted by molar-refractivity contribution is 5.33. The van der Waals surface area contributed by atoms with Crippen molar-refractivity contribution in [2.24, 2.45) is 50.7 Å². The van der Waals surface area contributed by atoms with Crippen molar-refractivity contribution >= 4 is 0 Å². The molecule has 2 N–H and O–H groups in total. The zero-order valence-electron chi connectivity index (χ0n) is 33.2. The fraction of sp³-hybridized carbons (Fsp3) is 1.00. The van der Waals surface area contributed by atoms with Crippen LogP contribution < -0.4 is 0 Å². The summed E-state index contributed by atoms with van der Waals surface area (Å²) in [6.45, 7) is 28.2. The Labute approximate surface area is 303 Å². The molecule has 0 radical (unpaired) electrons. The molecule has 3 unspecified atom stereocenters. The Morgan fingerprint density at radius 2 is 1.66 bits per heavy atom.